The van der Waals surface area contributed by atoms with Gasteiger partial charge in [-0.3, -0.25) is 14.5 Å². The molecule has 0 spiro atoms. The van der Waals surface area contributed by atoms with E-state index in [0.29, 0.717) is 39.5 Å². The zero-order chi connectivity index (χ0) is 24.6. The Morgan fingerprint density at radius 1 is 0.943 bits per heavy atom. The molecule has 3 aromatic rings. The van der Waals surface area contributed by atoms with E-state index in [9.17, 15) is 9.59 Å². The first kappa shape index (κ1) is 24.5. The number of carboxylic acid groups (broad SMARTS) is 1. The number of thiocarbonyl (C=S) groups is 1. The molecule has 6 nitrogen and oxygen atoms in total. The van der Waals surface area contributed by atoms with Gasteiger partial charge in [-0.25, -0.2) is 0 Å². The predicted molar refractivity (Wildman–Crippen MR) is 140 cm³/mol. The van der Waals surface area contributed by atoms with Crippen LogP contribution in [0.4, 0.5) is 0 Å². The van der Waals surface area contributed by atoms with Crippen molar-refractivity contribution in [1.82, 2.24) is 4.90 Å². The van der Waals surface area contributed by atoms with Crippen LogP contribution in [0.3, 0.4) is 0 Å². The summed E-state index contributed by atoms with van der Waals surface area (Å²) in [4.78, 5) is 25.5. The van der Waals surface area contributed by atoms with Gasteiger partial charge in [-0.1, -0.05) is 84.6 Å². The van der Waals surface area contributed by atoms with Crippen molar-refractivity contribution in [1.29, 1.82) is 0 Å². The van der Waals surface area contributed by atoms with Crippen molar-refractivity contribution in [2.24, 2.45) is 0 Å². The standard InChI is InChI=1S/C27H23NO5S2/c29-25(30)13-14-28-26(31)24(35-27(28)34)15-21-11-12-22(32-17-19-7-3-1-4-8-19)16-23(21)33-18-20-9-5-2-6-10-20/h1-12,15-16H,13-14,17-18H2,(H,29,30). The van der Waals surface area contributed by atoms with Gasteiger partial charge < -0.3 is 14.6 Å². The average Bonchev–Trinajstić information content (AvgIpc) is 3.14. The van der Waals surface area contributed by atoms with Crippen LogP contribution >= 0.6 is 24.0 Å². The molecule has 4 rings (SSSR count). The zero-order valence-corrected chi connectivity index (χ0v) is 20.4. The quantitative estimate of drug-likeness (QED) is 0.287. The first-order valence-electron chi connectivity index (χ1n) is 10.9. The van der Waals surface area contributed by atoms with Gasteiger partial charge in [0.05, 0.1) is 11.3 Å². The Hall–Kier alpha value is -3.62. The summed E-state index contributed by atoms with van der Waals surface area (Å²) >= 11 is 6.45. The minimum absolute atomic E-state index is 0.0426. The third kappa shape index (κ3) is 6.71. The molecule has 0 atom stereocenters. The maximum atomic E-state index is 12.8. The fourth-order valence-electron chi connectivity index (χ4n) is 3.37. The van der Waals surface area contributed by atoms with Gasteiger partial charge in [0.25, 0.3) is 5.91 Å². The molecule has 0 aliphatic carbocycles. The van der Waals surface area contributed by atoms with Crippen molar-refractivity contribution in [3.05, 3.63) is 100 Å². The second-order valence-electron chi connectivity index (χ2n) is 7.73. The maximum absolute atomic E-state index is 12.8. The van der Waals surface area contributed by atoms with E-state index in [1.54, 1.807) is 6.08 Å². The minimum atomic E-state index is -0.981. The van der Waals surface area contributed by atoms with Crippen molar-refractivity contribution in [3.63, 3.8) is 0 Å². The van der Waals surface area contributed by atoms with Crippen LogP contribution < -0.4 is 9.47 Å². The molecule has 3 aromatic carbocycles. The van der Waals surface area contributed by atoms with Gasteiger partial charge in [-0.2, -0.15) is 0 Å². The summed E-state index contributed by atoms with van der Waals surface area (Å²) in [6, 6.07) is 25.1. The van der Waals surface area contributed by atoms with Crippen LogP contribution in [-0.4, -0.2) is 32.7 Å². The Morgan fingerprint density at radius 2 is 1.57 bits per heavy atom. The number of hydrogen-bond acceptors (Lipinski definition) is 6. The van der Waals surface area contributed by atoms with Crippen molar-refractivity contribution in [2.75, 3.05) is 6.54 Å². The summed E-state index contributed by atoms with van der Waals surface area (Å²) in [5.41, 5.74) is 2.76. The molecule has 0 bridgehead atoms. The first-order valence-corrected chi connectivity index (χ1v) is 12.2. The van der Waals surface area contributed by atoms with Gasteiger partial charge in [0.1, 0.15) is 29.0 Å². The van der Waals surface area contributed by atoms with E-state index in [0.717, 1.165) is 22.9 Å². The predicted octanol–water partition coefficient (Wildman–Crippen LogP) is 5.52. The van der Waals surface area contributed by atoms with Crippen LogP contribution in [0.25, 0.3) is 6.08 Å². The van der Waals surface area contributed by atoms with Crippen LogP contribution in [0, 0.1) is 0 Å². The molecule has 0 saturated carbocycles. The molecule has 8 heteroatoms. The summed E-state index contributed by atoms with van der Waals surface area (Å²) < 4.78 is 12.4. The van der Waals surface area contributed by atoms with E-state index in [1.165, 1.54) is 4.90 Å². The molecule has 35 heavy (non-hydrogen) atoms. The highest BCUT2D eigenvalue weighted by Gasteiger charge is 2.32. The lowest BCUT2D eigenvalue weighted by atomic mass is 10.1. The summed E-state index contributed by atoms with van der Waals surface area (Å²) in [6.45, 7) is 0.810. The van der Waals surface area contributed by atoms with Crippen molar-refractivity contribution < 1.29 is 24.2 Å². The second kappa shape index (κ2) is 11.7. The number of rotatable bonds is 10. The third-order valence-electron chi connectivity index (χ3n) is 5.18. The summed E-state index contributed by atoms with van der Waals surface area (Å²) in [7, 11) is 0. The molecule has 0 radical (unpaired) electrons. The van der Waals surface area contributed by atoms with Gasteiger partial charge in [0.15, 0.2) is 0 Å². The van der Waals surface area contributed by atoms with Crippen LogP contribution in [0.2, 0.25) is 0 Å². The molecule has 1 aliphatic heterocycles. The molecule has 1 amide bonds. The van der Waals surface area contributed by atoms with E-state index >= 15 is 0 Å². The Kier molecular flexibility index (Phi) is 8.18. The molecule has 1 saturated heterocycles. The third-order valence-corrected chi connectivity index (χ3v) is 6.56. The molecular formula is C27H23NO5S2. The summed E-state index contributed by atoms with van der Waals surface area (Å²) in [5, 5.41) is 8.95. The van der Waals surface area contributed by atoms with E-state index < -0.39 is 5.97 Å². The van der Waals surface area contributed by atoms with E-state index in [-0.39, 0.29) is 18.9 Å². The number of nitrogens with zero attached hydrogens (tertiary/aromatic N) is 1. The number of benzene rings is 3. The topological polar surface area (TPSA) is 76.1 Å². The van der Waals surface area contributed by atoms with Crippen LogP contribution in [0.1, 0.15) is 23.1 Å². The minimum Gasteiger partial charge on any atom is -0.489 e. The Labute approximate surface area is 213 Å². The number of amides is 1. The molecular weight excluding hydrogens is 482 g/mol. The summed E-state index contributed by atoms with van der Waals surface area (Å²) in [5.74, 6) is -0.0799. The van der Waals surface area contributed by atoms with Crippen molar-refractivity contribution in [3.8, 4) is 11.5 Å². The van der Waals surface area contributed by atoms with Crippen LogP contribution in [0.15, 0.2) is 83.8 Å². The maximum Gasteiger partial charge on any atom is 0.305 e. The molecule has 1 fully saturated rings. The van der Waals surface area contributed by atoms with Gasteiger partial charge >= 0.3 is 5.97 Å². The highest BCUT2D eigenvalue weighted by Crippen LogP contribution is 2.35. The fourth-order valence-corrected chi connectivity index (χ4v) is 4.67. The van der Waals surface area contributed by atoms with E-state index in [1.807, 2.05) is 78.9 Å². The molecule has 178 valence electrons. The fraction of sp³-hybridized carbons (Fsp3) is 0.148. The summed E-state index contributed by atoms with van der Waals surface area (Å²) in [6.07, 6.45) is 1.56. The number of aliphatic carboxylic acids is 1. The smallest absolute Gasteiger partial charge is 0.305 e. The molecule has 0 aromatic heterocycles. The molecule has 1 heterocycles. The monoisotopic (exact) mass is 505 g/mol. The lowest BCUT2D eigenvalue weighted by Crippen LogP contribution is -2.30. The van der Waals surface area contributed by atoms with Crippen LogP contribution in [-0.2, 0) is 22.8 Å². The number of thioether (sulfide) groups is 1. The van der Waals surface area contributed by atoms with E-state index in [2.05, 4.69) is 0 Å². The van der Waals surface area contributed by atoms with E-state index in [4.69, 9.17) is 26.8 Å². The molecule has 1 N–H and O–H groups in total. The van der Waals surface area contributed by atoms with Crippen molar-refractivity contribution in [2.45, 2.75) is 19.6 Å². The Morgan fingerprint density at radius 3 is 2.20 bits per heavy atom. The van der Waals surface area contributed by atoms with Crippen molar-refractivity contribution >= 4 is 46.3 Å². The second-order valence-corrected chi connectivity index (χ2v) is 9.40. The highest BCUT2D eigenvalue weighted by atomic mass is 32.2. The first-order chi connectivity index (χ1) is 17.0. The molecule has 1 aliphatic rings. The normalized spacial score (nSPS) is 14.4. The number of carbonyl (C=O) groups excluding carboxylic acids is 1. The number of carboxylic acids is 1. The zero-order valence-electron chi connectivity index (χ0n) is 18.8. The Bertz CT molecular complexity index is 1240. The average molecular weight is 506 g/mol. The largest absolute Gasteiger partial charge is 0.489 e. The van der Waals surface area contributed by atoms with Crippen LogP contribution in [0.5, 0.6) is 11.5 Å². The SMILES string of the molecule is O=C(O)CCN1C(=O)C(=Cc2ccc(OCc3ccccc3)cc2OCc2ccccc2)SC1=S. The number of hydrogen-bond donors (Lipinski definition) is 1. The number of carbonyl (C=O) groups is 2. The lowest BCUT2D eigenvalue weighted by molar-refractivity contribution is -0.137. The molecule has 0 unspecified atom stereocenters. The lowest BCUT2D eigenvalue weighted by Gasteiger charge is -2.13. The van der Waals surface area contributed by atoms with Gasteiger partial charge in [-0.15, -0.1) is 0 Å². The number of ether oxygens (including phenoxy) is 2. The van der Waals surface area contributed by atoms with Gasteiger partial charge in [-0.05, 0) is 29.3 Å². The highest BCUT2D eigenvalue weighted by molar-refractivity contribution is 8.26. The van der Waals surface area contributed by atoms with Gasteiger partial charge in [0, 0.05) is 18.2 Å². The Balaban J connectivity index is 1.56. The van der Waals surface area contributed by atoms with Gasteiger partial charge in [0.2, 0.25) is 0 Å².